The molecule has 0 radical (unpaired) electrons. The summed E-state index contributed by atoms with van der Waals surface area (Å²) in [5, 5.41) is 0. The maximum absolute atomic E-state index is 14.7. The minimum absolute atomic E-state index is 0.338. The fourth-order valence-corrected chi connectivity index (χ4v) is 6.46. The first kappa shape index (κ1) is 29.6. The Morgan fingerprint density at radius 2 is 1.36 bits per heavy atom. The van der Waals surface area contributed by atoms with Gasteiger partial charge in [-0.1, -0.05) is 57.6 Å². The predicted molar refractivity (Wildman–Crippen MR) is 138 cm³/mol. The van der Waals surface area contributed by atoms with Crippen LogP contribution >= 0.6 is 0 Å². The van der Waals surface area contributed by atoms with Gasteiger partial charge in [-0.05, 0) is 92.0 Å². The van der Waals surface area contributed by atoms with Crippen molar-refractivity contribution in [3.8, 4) is 11.5 Å². The summed E-state index contributed by atoms with van der Waals surface area (Å²) in [7, 11) is 0. The molecule has 2 aliphatic rings. The van der Waals surface area contributed by atoms with Crippen LogP contribution in [0.2, 0.25) is 0 Å². The number of alkyl halides is 5. The van der Waals surface area contributed by atoms with E-state index in [1.54, 1.807) is 12.1 Å². The van der Waals surface area contributed by atoms with E-state index in [4.69, 9.17) is 0 Å². The summed E-state index contributed by atoms with van der Waals surface area (Å²) in [4.78, 5) is 0. The first-order chi connectivity index (χ1) is 18.5. The topological polar surface area (TPSA) is 18.5 Å². The second-order valence-electron chi connectivity index (χ2n) is 11.3. The number of rotatable bonds is 10. The van der Waals surface area contributed by atoms with Crippen LogP contribution in [0.1, 0.15) is 101 Å². The molecule has 0 unspecified atom stereocenters. The Bertz CT molecular complexity index is 1040. The van der Waals surface area contributed by atoms with Crippen molar-refractivity contribution >= 4 is 0 Å². The number of halogens is 6. The Kier molecular flexibility index (Phi) is 9.76. The lowest BCUT2D eigenvalue weighted by Gasteiger charge is -2.38. The molecule has 39 heavy (non-hydrogen) atoms. The van der Waals surface area contributed by atoms with Gasteiger partial charge in [0.05, 0.1) is 5.56 Å². The molecule has 0 saturated heterocycles. The molecule has 2 saturated carbocycles. The van der Waals surface area contributed by atoms with Gasteiger partial charge >= 0.3 is 12.5 Å². The van der Waals surface area contributed by atoms with Crippen LogP contribution in [-0.2, 0) is 6.11 Å². The molecule has 0 spiro atoms. The molecule has 4 rings (SSSR count). The molecule has 216 valence electrons. The molecule has 0 bridgehead atoms. The Labute approximate surface area is 227 Å². The van der Waals surface area contributed by atoms with Crippen molar-refractivity contribution in [3.63, 3.8) is 0 Å². The molecule has 0 aromatic heterocycles. The van der Waals surface area contributed by atoms with Gasteiger partial charge in [-0.3, -0.25) is 0 Å². The van der Waals surface area contributed by atoms with E-state index in [1.165, 1.54) is 76.3 Å². The van der Waals surface area contributed by atoms with Crippen molar-refractivity contribution in [2.75, 3.05) is 0 Å². The minimum atomic E-state index is -5.10. The average molecular weight is 557 g/mol. The van der Waals surface area contributed by atoms with E-state index in [0.717, 1.165) is 42.2 Å². The lowest BCUT2D eigenvalue weighted by atomic mass is 9.68. The lowest BCUT2D eigenvalue weighted by molar-refractivity contribution is -0.275. The zero-order valence-corrected chi connectivity index (χ0v) is 22.4. The van der Waals surface area contributed by atoms with E-state index in [9.17, 15) is 26.3 Å². The van der Waals surface area contributed by atoms with Crippen molar-refractivity contribution in [1.82, 2.24) is 0 Å². The monoisotopic (exact) mass is 556 g/mol. The molecule has 2 aromatic rings. The summed E-state index contributed by atoms with van der Waals surface area (Å²) in [5.74, 6) is -0.339. The van der Waals surface area contributed by atoms with Gasteiger partial charge in [0.2, 0.25) is 0 Å². The molecule has 2 nitrogen and oxygen atoms in total. The fraction of sp³-hybridized carbons (Fsp3) is 0.613. The summed E-state index contributed by atoms with van der Waals surface area (Å²) >= 11 is 0. The highest BCUT2D eigenvalue weighted by molar-refractivity contribution is 5.34. The first-order valence-electron chi connectivity index (χ1n) is 14.3. The van der Waals surface area contributed by atoms with Crippen molar-refractivity contribution < 1.29 is 35.8 Å². The van der Waals surface area contributed by atoms with Gasteiger partial charge in [0, 0.05) is 6.07 Å². The standard InChI is InChI=1S/C31H38F6O2/c1-2-3-4-5-21-6-8-22(9-7-21)23-10-12-24(13-11-23)25-14-16-26(17-15-25)30(33,34)38-27-18-19-29(28(32)20-27)39-31(35,36)37/h14-24H,2-13H2,1H3/t21-,22-,23?,24?. The highest BCUT2D eigenvalue weighted by atomic mass is 19.4. The molecule has 0 atom stereocenters. The summed E-state index contributed by atoms with van der Waals surface area (Å²) in [5.41, 5.74) is 0.610. The van der Waals surface area contributed by atoms with E-state index < -0.39 is 35.4 Å². The molecule has 0 amide bonds. The largest absolute Gasteiger partial charge is 0.573 e. The van der Waals surface area contributed by atoms with E-state index in [-0.39, 0.29) is 0 Å². The van der Waals surface area contributed by atoms with Crippen LogP contribution in [0.25, 0.3) is 0 Å². The molecule has 8 heteroatoms. The first-order valence-corrected chi connectivity index (χ1v) is 14.3. The Balaban J connectivity index is 1.27. The smallest absolute Gasteiger partial charge is 0.429 e. The number of unbranched alkanes of at least 4 members (excludes halogenated alkanes) is 2. The Hall–Kier alpha value is -2.38. The maximum atomic E-state index is 14.7. The molecule has 2 fully saturated rings. The van der Waals surface area contributed by atoms with Crippen molar-refractivity contribution in [2.45, 2.75) is 102 Å². The van der Waals surface area contributed by atoms with Gasteiger partial charge in [0.15, 0.2) is 11.6 Å². The summed E-state index contributed by atoms with van der Waals surface area (Å²) in [6.07, 6.45) is 6.36. The second-order valence-corrected chi connectivity index (χ2v) is 11.3. The molecule has 0 N–H and O–H groups in total. The van der Waals surface area contributed by atoms with Crippen molar-refractivity contribution in [2.24, 2.45) is 17.8 Å². The average Bonchev–Trinajstić information content (AvgIpc) is 2.90. The van der Waals surface area contributed by atoms with Gasteiger partial charge in [0.25, 0.3) is 0 Å². The SMILES string of the molecule is CCCCC[C@H]1CC[C@H](C2CCC(c3ccc(C(F)(F)Oc4ccc(OC(F)(F)F)c(F)c4)cc3)CC2)CC1. The molecule has 2 aromatic carbocycles. The van der Waals surface area contributed by atoms with E-state index in [1.807, 2.05) is 0 Å². The van der Waals surface area contributed by atoms with Gasteiger partial charge in [-0.2, -0.15) is 8.78 Å². The van der Waals surface area contributed by atoms with E-state index in [0.29, 0.717) is 18.1 Å². The Morgan fingerprint density at radius 1 is 0.744 bits per heavy atom. The molecule has 2 aliphatic carbocycles. The molecule has 0 heterocycles. The lowest BCUT2D eigenvalue weighted by Crippen LogP contribution is -2.25. The van der Waals surface area contributed by atoms with Crippen molar-refractivity contribution in [1.29, 1.82) is 0 Å². The summed E-state index contributed by atoms with van der Waals surface area (Å²) in [6, 6.07) is 7.86. The van der Waals surface area contributed by atoms with Crippen LogP contribution in [0, 0.1) is 23.6 Å². The minimum Gasteiger partial charge on any atom is -0.429 e. The quantitative estimate of drug-likeness (QED) is 0.214. The number of hydrogen-bond acceptors (Lipinski definition) is 2. The normalized spacial score (nSPS) is 24.4. The summed E-state index contributed by atoms with van der Waals surface area (Å²) in [6.45, 7) is 2.25. The van der Waals surface area contributed by atoms with Crippen LogP contribution < -0.4 is 9.47 Å². The highest BCUT2D eigenvalue weighted by Gasteiger charge is 2.37. The van der Waals surface area contributed by atoms with Crippen LogP contribution in [0.4, 0.5) is 26.3 Å². The number of ether oxygens (including phenoxy) is 2. The zero-order valence-electron chi connectivity index (χ0n) is 22.4. The van der Waals surface area contributed by atoms with Crippen LogP contribution in [-0.4, -0.2) is 6.36 Å². The predicted octanol–water partition coefficient (Wildman–Crippen LogP) is 10.5. The number of hydrogen-bond donors (Lipinski definition) is 0. The van der Waals surface area contributed by atoms with Crippen LogP contribution in [0.15, 0.2) is 42.5 Å². The third-order valence-electron chi connectivity index (χ3n) is 8.64. The highest BCUT2D eigenvalue weighted by Crippen LogP contribution is 2.45. The van der Waals surface area contributed by atoms with E-state index in [2.05, 4.69) is 16.4 Å². The molecular weight excluding hydrogens is 518 g/mol. The second kappa shape index (κ2) is 12.9. The summed E-state index contributed by atoms with van der Waals surface area (Å²) < 4.78 is 88.4. The molecule has 0 aliphatic heterocycles. The van der Waals surface area contributed by atoms with E-state index >= 15 is 0 Å². The maximum Gasteiger partial charge on any atom is 0.573 e. The molecular formula is C31H38F6O2. The van der Waals surface area contributed by atoms with Gasteiger partial charge in [-0.15, -0.1) is 13.2 Å². The van der Waals surface area contributed by atoms with Gasteiger partial charge in [0.1, 0.15) is 5.75 Å². The van der Waals surface area contributed by atoms with Crippen LogP contribution in [0.5, 0.6) is 11.5 Å². The van der Waals surface area contributed by atoms with Gasteiger partial charge < -0.3 is 9.47 Å². The third-order valence-corrected chi connectivity index (χ3v) is 8.64. The van der Waals surface area contributed by atoms with Crippen LogP contribution in [0.3, 0.4) is 0 Å². The third kappa shape index (κ3) is 8.31. The Morgan fingerprint density at radius 3 is 1.92 bits per heavy atom. The number of benzene rings is 2. The van der Waals surface area contributed by atoms with Crippen molar-refractivity contribution in [3.05, 3.63) is 59.4 Å². The fourth-order valence-electron chi connectivity index (χ4n) is 6.46. The van der Waals surface area contributed by atoms with Gasteiger partial charge in [-0.25, -0.2) is 4.39 Å². The zero-order chi connectivity index (χ0) is 28.0.